The van der Waals surface area contributed by atoms with Crippen molar-refractivity contribution in [3.8, 4) is 0 Å². The molecule has 24 heteroatoms. The third kappa shape index (κ3) is 18.8. The molecule has 2 aliphatic heterocycles. The van der Waals surface area contributed by atoms with Crippen molar-refractivity contribution < 1.29 is 62.6 Å². The zero-order valence-corrected chi connectivity index (χ0v) is 56.8. The standard InChI is InChI=1S/C63H111N11O13/c1-24-43-58(81)68(17)32-48(75)69(18)44(27-33(2)3)55(78)67-49(37(10)11)61(84)70(19)45(28-34(4)5)54(77)64-40(15)53(76)65-41(16)57(80)71(20)46(29-35(6)7)59(82)72(21)47(30-36(8)9)60(83)73(22)50(38(12)13)62(85)74(23)51(56(79)66-43)52-39(14)31-42-25-26-63(42,86)87-52/h33-47,49-52,86H,24-32H2,1-23H3,(H,64,77)(H,65,76)(H,66,79)(H,67,78)/t39-,40+,41-,42-,43+,44+,45+,46+,47+,49+,50+,51+,52-,63-/m1/s1. The lowest BCUT2D eigenvalue weighted by atomic mass is 9.69. The highest BCUT2D eigenvalue weighted by molar-refractivity contribution is 5.99. The Bertz CT molecular complexity index is 2460. The topological polar surface area (TPSA) is 288 Å². The van der Waals surface area contributed by atoms with Crippen LogP contribution in [0.15, 0.2) is 0 Å². The van der Waals surface area contributed by atoms with Crippen LogP contribution in [-0.2, 0) is 57.5 Å². The van der Waals surface area contributed by atoms with Crippen LogP contribution < -0.4 is 21.3 Å². The second-order valence-corrected chi connectivity index (χ2v) is 27.7. The molecule has 496 valence electrons. The van der Waals surface area contributed by atoms with Gasteiger partial charge in [0.2, 0.25) is 65.0 Å². The molecule has 0 bridgehead atoms. The van der Waals surface area contributed by atoms with E-state index in [2.05, 4.69) is 21.3 Å². The van der Waals surface area contributed by atoms with Crippen LogP contribution in [-0.4, -0.2) is 233 Å². The van der Waals surface area contributed by atoms with Crippen molar-refractivity contribution in [3.05, 3.63) is 0 Å². The van der Waals surface area contributed by atoms with Gasteiger partial charge in [0.05, 0.1) is 12.6 Å². The average molecular weight is 1230 g/mol. The molecule has 14 atom stereocenters. The summed E-state index contributed by atoms with van der Waals surface area (Å²) in [5, 5.41) is 22.8. The van der Waals surface area contributed by atoms with E-state index >= 15 is 19.2 Å². The molecule has 0 unspecified atom stereocenters. The minimum absolute atomic E-state index is 0.0396. The molecule has 0 aromatic rings. The molecule has 5 N–H and O–H groups in total. The first-order chi connectivity index (χ1) is 40.1. The van der Waals surface area contributed by atoms with Gasteiger partial charge < -0.3 is 65.4 Å². The molecule has 2 heterocycles. The lowest BCUT2D eigenvalue weighted by Crippen LogP contribution is -2.67. The second-order valence-electron chi connectivity index (χ2n) is 27.7. The Kier molecular flexibility index (Phi) is 27.7. The van der Waals surface area contributed by atoms with Crippen LogP contribution in [0.2, 0.25) is 0 Å². The number of ether oxygens (including phenoxy) is 1. The van der Waals surface area contributed by atoms with Crippen LogP contribution in [0.5, 0.6) is 0 Å². The summed E-state index contributed by atoms with van der Waals surface area (Å²) in [6, 6.07) is -12.1. The summed E-state index contributed by atoms with van der Waals surface area (Å²) >= 11 is 0. The lowest BCUT2D eigenvalue weighted by molar-refractivity contribution is -0.341. The number of hydrogen-bond acceptors (Lipinski definition) is 13. The Labute approximate surface area is 519 Å². The summed E-state index contributed by atoms with van der Waals surface area (Å²) in [6.07, 6.45) is 1.05. The van der Waals surface area contributed by atoms with E-state index in [1.54, 1.807) is 34.6 Å². The van der Waals surface area contributed by atoms with Crippen molar-refractivity contribution in [2.45, 2.75) is 234 Å². The highest BCUT2D eigenvalue weighted by Crippen LogP contribution is 2.50. The van der Waals surface area contributed by atoms with Gasteiger partial charge in [-0.25, -0.2) is 0 Å². The first-order valence-electron chi connectivity index (χ1n) is 31.6. The van der Waals surface area contributed by atoms with Crippen molar-refractivity contribution >= 4 is 65.0 Å². The molecule has 0 aromatic carbocycles. The van der Waals surface area contributed by atoms with E-state index in [1.165, 1.54) is 92.6 Å². The minimum atomic E-state index is -1.57. The molecular weight excluding hydrogens is 1120 g/mol. The molecule has 0 spiro atoms. The zero-order valence-electron chi connectivity index (χ0n) is 56.8. The summed E-state index contributed by atoms with van der Waals surface area (Å²) in [7, 11) is 10.1. The molecular formula is C63H111N11O13. The van der Waals surface area contributed by atoms with E-state index in [-0.39, 0.29) is 67.6 Å². The largest absolute Gasteiger partial charge is 0.365 e. The van der Waals surface area contributed by atoms with E-state index < -0.39 is 156 Å². The smallest absolute Gasteiger partial charge is 0.246 e. The number of aliphatic hydroxyl groups is 1. The van der Waals surface area contributed by atoms with Gasteiger partial charge in [-0.2, -0.15) is 0 Å². The molecule has 1 saturated carbocycles. The molecule has 0 aromatic heterocycles. The van der Waals surface area contributed by atoms with Gasteiger partial charge in [-0.05, 0) is 100 Å². The van der Waals surface area contributed by atoms with Gasteiger partial charge in [0, 0.05) is 61.7 Å². The summed E-state index contributed by atoms with van der Waals surface area (Å²) in [5.74, 6) is -11.0. The van der Waals surface area contributed by atoms with Gasteiger partial charge in [0.1, 0.15) is 60.4 Å². The first kappa shape index (κ1) is 75.3. The van der Waals surface area contributed by atoms with E-state index in [9.17, 15) is 38.7 Å². The van der Waals surface area contributed by atoms with Crippen molar-refractivity contribution in [1.29, 1.82) is 0 Å². The van der Waals surface area contributed by atoms with Gasteiger partial charge in [-0.1, -0.05) is 96.9 Å². The number of likely N-dealkylation sites (N-methyl/N-ethyl adjacent to an activating group) is 7. The average Bonchev–Trinajstić information content (AvgIpc) is 0.818. The molecule has 3 rings (SSSR count). The van der Waals surface area contributed by atoms with E-state index in [1.807, 2.05) is 62.3 Å². The lowest BCUT2D eigenvalue weighted by Gasteiger charge is -2.55. The third-order valence-electron chi connectivity index (χ3n) is 17.8. The number of fused-ring (bicyclic) bond motifs is 1. The Morgan fingerprint density at radius 3 is 1.40 bits per heavy atom. The highest BCUT2D eigenvalue weighted by atomic mass is 16.6. The SMILES string of the molecule is CC[C@@H]1NC(=O)[C@H]([C@@H]2O[C@]3(O)CC[C@@H]3C[C@H]2C)N(C)C(=O)[C@H](C(C)C)N(C)C(=O)[C@H](CC(C)C)N(C)C(=O)[C@H](CC(C)C)N(C)C(=O)[C@@H](C)NC(=O)[C@H](C)NC(=O)[C@H](CC(C)C)N(C)C(=O)[C@H](C(C)C)NC(=O)[C@H](CC(C)C)N(C)C(=O)CN(C)C1=O. The summed E-state index contributed by atoms with van der Waals surface area (Å²) < 4.78 is 6.43. The first-order valence-corrected chi connectivity index (χ1v) is 31.6. The van der Waals surface area contributed by atoms with Crippen molar-refractivity contribution in [2.24, 2.45) is 47.3 Å². The molecule has 3 fully saturated rings. The highest BCUT2D eigenvalue weighted by Gasteiger charge is 2.57. The van der Waals surface area contributed by atoms with Crippen LogP contribution in [0.3, 0.4) is 0 Å². The van der Waals surface area contributed by atoms with Crippen molar-refractivity contribution in [3.63, 3.8) is 0 Å². The number of hydrogen-bond donors (Lipinski definition) is 5. The maximum atomic E-state index is 15.4. The number of carbonyl (C=O) groups excluding carboxylic acids is 11. The second kappa shape index (κ2) is 32.0. The van der Waals surface area contributed by atoms with E-state index in [4.69, 9.17) is 4.74 Å². The fourth-order valence-electron chi connectivity index (χ4n) is 12.2. The Hall–Kier alpha value is -5.91. The quantitative estimate of drug-likeness (QED) is 0.188. The van der Waals surface area contributed by atoms with Gasteiger partial charge in [0.15, 0.2) is 5.79 Å². The fraction of sp³-hybridized carbons (Fsp3) is 0.825. The van der Waals surface area contributed by atoms with Crippen LogP contribution in [0, 0.1) is 47.3 Å². The van der Waals surface area contributed by atoms with E-state index in [0.717, 1.165) is 4.90 Å². The molecule has 2 saturated heterocycles. The van der Waals surface area contributed by atoms with Crippen LogP contribution >= 0.6 is 0 Å². The monoisotopic (exact) mass is 1230 g/mol. The third-order valence-corrected chi connectivity index (χ3v) is 17.8. The predicted octanol–water partition coefficient (Wildman–Crippen LogP) is 2.83. The molecule has 3 aliphatic rings. The normalized spacial score (nSPS) is 31.5. The summed E-state index contributed by atoms with van der Waals surface area (Å²) in [4.78, 5) is 170. The van der Waals surface area contributed by atoms with Crippen molar-refractivity contribution in [2.75, 3.05) is 55.9 Å². The molecule has 11 amide bonds. The van der Waals surface area contributed by atoms with Crippen molar-refractivity contribution in [1.82, 2.24) is 55.6 Å². The predicted molar refractivity (Wildman–Crippen MR) is 330 cm³/mol. The Balaban J connectivity index is 2.30. The minimum Gasteiger partial charge on any atom is -0.365 e. The number of rotatable bonds is 12. The Morgan fingerprint density at radius 2 is 0.943 bits per heavy atom. The summed E-state index contributed by atoms with van der Waals surface area (Å²) in [5.41, 5.74) is 0. The number of nitrogens with zero attached hydrogens (tertiary/aromatic N) is 7. The van der Waals surface area contributed by atoms with Gasteiger partial charge in [0.25, 0.3) is 0 Å². The number of carbonyl (C=O) groups is 11. The molecule has 0 radical (unpaired) electrons. The molecule has 87 heavy (non-hydrogen) atoms. The van der Waals surface area contributed by atoms with Crippen LogP contribution in [0.1, 0.15) is 162 Å². The van der Waals surface area contributed by atoms with E-state index in [0.29, 0.717) is 19.3 Å². The van der Waals surface area contributed by atoms with Crippen LogP contribution in [0.4, 0.5) is 0 Å². The summed E-state index contributed by atoms with van der Waals surface area (Å²) in [6.45, 7) is 27.8. The molecule has 1 aliphatic carbocycles. The Morgan fingerprint density at radius 1 is 0.494 bits per heavy atom. The fourth-order valence-corrected chi connectivity index (χ4v) is 12.2. The maximum Gasteiger partial charge on any atom is 0.246 e. The van der Waals surface area contributed by atoms with Crippen LogP contribution in [0.25, 0.3) is 0 Å². The number of amides is 11. The van der Waals surface area contributed by atoms with Gasteiger partial charge in [-0.15, -0.1) is 0 Å². The van der Waals surface area contributed by atoms with Gasteiger partial charge >= 0.3 is 0 Å². The number of nitrogens with one attached hydrogen (secondary N) is 4. The molecule has 24 nitrogen and oxygen atoms in total. The zero-order chi connectivity index (χ0) is 66.8. The van der Waals surface area contributed by atoms with Gasteiger partial charge in [-0.3, -0.25) is 52.7 Å². The maximum absolute atomic E-state index is 15.4.